The smallest absolute Gasteiger partial charge is 0.248 e. The molecule has 146 valence electrons. The summed E-state index contributed by atoms with van der Waals surface area (Å²) in [6.45, 7) is 3.19. The van der Waals surface area contributed by atoms with E-state index in [1.165, 1.54) is 11.1 Å². The third-order valence-corrected chi connectivity index (χ3v) is 6.15. The number of carbonyl (C=O) groups is 2. The molecule has 1 aromatic rings. The number of carbonyl (C=O) groups excluding carboxylic acids is 2. The van der Waals surface area contributed by atoms with Crippen LogP contribution in [0.3, 0.4) is 0 Å². The summed E-state index contributed by atoms with van der Waals surface area (Å²) < 4.78 is 11.6. The van der Waals surface area contributed by atoms with Gasteiger partial charge in [0.25, 0.3) is 0 Å². The highest BCUT2D eigenvalue weighted by Crippen LogP contribution is 2.44. The molecule has 0 N–H and O–H groups in total. The molecule has 6 heteroatoms. The van der Waals surface area contributed by atoms with E-state index in [0.717, 1.165) is 38.8 Å². The van der Waals surface area contributed by atoms with Crippen LogP contribution in [0.1, 0.15) is 36.8 Å². The molecule has 2 amide bonds. The van der Waals surface area contributed by atoms with E-state index in [-0.39, 0.29) is 24.5 Å². The van der Waals surface area contributed by atoms with Crippen molar-refractivity contribution in [1.29, 1.82) is 0 Å². The van der Waals surface area contributed by atoms with Crippen LogP contribution in [0.15, 0.2) is 24.3 Å². The summed E-state index contributed by atoms with van der Waals surface area (Å²) in [5.74, 6) is 0.231. The number of fused-ring (bicyclic) bond motifs is 2. The minimum Gasteiger partial charge on any atom is -0.375 e. The first-order chi connectivity index (χ1) is 13.1. The minimum atomic E-state index is -0.390. The molecule has 1 aromatic carbocycles. The summed E-state index contributed by atoms with van der Waals surface area (Å²) in [5.41, 5.74) is 2.12. The predicted octanol–water partition coefficient (Wildman–Crippen LogP) is 1.71. The maximum atomic E-state index is 12.5. The van der Waals surface area contributed by atoms with E-state index in [1.807, 2.05) is 9.80 Å². The van der Waals surface area contributed by atoms with Crippen molar-refractivity contribution >= 4 is 11.8 Å². The van der Waals surface area contributed by atoms with Crippen molar-refractivity contribution in [2.75, 3.05) is 39.9 Å². The van der Waals surface area contributed by atoms with Gasteiger partial charge >= 0.3 is 0 Å². The molecule has 1 spiro atoms. The molecule has 3 heterocycles. The minimum absolute atomic E-state index is 0.0287. The van der Waals surface area contributed by atoms with Crippen LogP contribution in [0, 0.1) is 0 Å². The fourth-order valence-corrected chi connectivity index (χ4v) is 4.53. The number of piperidine rings is 1. The van der Waals surface area contributed by atoms with Crippen molar-refractivity contribution in [3.8, 4) is 0 Å². The average molecular weight is 372 g/mol. The Hall–Kier alpha value is -1.92. The fourth-order valence-electron chi connectivity index (χ4n) is 4.53. The lowest BCUT2D eigenvalue weighted by atomic mass is 9.77. The SMILES string of the molecule is COCC(=O)N1CCC2(CC1)OC(CC(=O)N1CCC1)Cc1ccccc12. The van der Waals surface area contributed by atoms with Gasteiger partial charge in [0.1, 0.15) is 6.61 Å². The van der Waals surface area contributed by atoms with Crippen molar-refractivity contribution in [3.05, 3.63) is 35.4 Å². The van der Waals surface area contributed by atoms with Gasteiger partial charge in [-0.15, -0.1) is 0 Å². The summed E-state index contributed by atoms with van der Waals surface area (Å²) in [7, 11) is 1.55. The highest BCUT2D eigenvalue weighted by atomic mass is 16.5. The standard InChI is InChI=1S/C21H28N2O4/c1-26-15-20(25)23-11-7-21(8-12-23)18-6-3-2-5-16(18)13-17(27-21)14-19(24)22-9-4-10-22/h2-3,5-6,17H,4,7-15H2,1H3. The number of nitrogens with zero attached hydrogens (tertiary/aromatic N) is 2. The second-order valence-corrected chi connectivity index (χ2v) is 7.85. The van der Waals surface area contributed by atoms with Gasteiger partial charge in [0.2, 0.25) is 11.8 Å². The number of methoxy groups -OCH3 is 1. The van der Waals surface area contributed by atoms with Crippen LogP contribution in [-0.4, -0.2) is 67.6 Å². The second-order valence-electron chi connectivity index (χ2n) is 7.85. The number of benzene rings is 1. The molecule has 0 aromatic heterocycles. The number of likely N-dealkylation sites (tertiary alicyclic amines) is 2. The van der Waals surface area contributed by atoms with Crippen LogP contribution < -0.4 is 0 Å². The molecule has 0 radical (unpaired) electrons. The molecule has 27 heavy (non-hydrogen) atoms. The van der Waals surface area contributed by atoms with Crippen molar-refractivity contribution in [2.24, 2.45) is 0 Å². The van der Waals surface area contributed by atoms with Crippen molar-refractivity contribution in [3.63, 3.8) is 0 Å². The zero-order valence-electron chi connectivity index (χ0n) is 16.0. The zero-order chi connectivity index (χ0) is 18.9. The third-order valence-electron chi connectivity index (χ3n) is 6.15. The summed E-state index contributed by atoms with van der Waals surface area (Å²) >= 11 is 0. The molecule has 0 saturated carbocycles. The van der Waals surface area contributed by atoms with Crippen LogP contribution in [0.2, 0.25) is 0 Å². The molecule has 2 fully saturated rings. The Bertz CT molecular complexity index is 708. The van der Waals surface area contributed by atoms with Crippen molar-refractivity contribution in [2.45, 2.75) is 43.8 Å². The van der Waals surface area contributed by atoms with Crippen LogP contribution in [-0.2, 0) is 31.1 Å². The first-order valence-electron chi connectivity index (χ1n) is 9.92. The van der Waals surface area contributed by atoms with E-state index in [9.17, 15) is 9.59 Å². The Kier molecular flexibility index (Phi) is 5.19. The summed E-state index contributed by atoms with van der Waals surface area (Å²) in [6, 6.07) is 8.42. The molecule has 3 aliphatic heterocycles. The summed E-state index contributed by atoms with van der Waals surface area (Å²) in [4.78, 5) is 28.4. The normalized spacial score (nSPS) is 23.7. The Morgan fingerprint density at radius 2 is 1.81 bits per heavy atom. The van der Waals surface area contributed by atoms with E-state index in [2.05, 4.69) is 24.3 Å². The van der Waals surface area contributed by atoms with Crippen LogP contribution in [0.4, 0.5) is 0 Å². The van der Waals surface area contributed by atoms with E-state index in [4.69, 9.17) is 9.47 Å². The van der Waals surface area contributed by atoms with Gasteiger partial charge in [-0.3, -0.25) is 9.59 Å². The van der Waals surface area contributed by atoms with Crippen molar-refractivity contribution < 1.29 is 19.1 Å². The first-order valence-corrected chi connectivity index (χ1v) is 9.92. The lowest BCUT2D eigenvalue weighted by Gasteiger charge is -2.47. The first kappa shape index (κ1) is 18.4. The molecule has 2 saturated heterocycles. The molecule has 1 atom stereocenters. The maximum absolute atomic E-state index is 12.5. The topological polar surface area (TPSA) is 59.1 Å². The van der Waals surface area contributed by atoms with Crippen LogP contribution in [0.5, 0.6) is 0 Å². The molecule has 0 bridgehead atoms. The van der Waals surface area contributed by atoms with Gasteiger partial charge in [-0.05, 0) is 36.8 Å². The summed E-state index contributed by atoms with van der Waals surface area (Å²) in [6.07, 6.45) is 3.76. The number of ether oxygens (including phenoxy) is 2. The number of hydrogen-bond donors (Lipinski definition) is 0. The van der Waals surface area contributed by atoms with E-state index in [1.54, 1.807) is 7.11 Å². The Morgan fingerprint density at radius 1 is 1.11 bits per heavy atom. The molecular formula is C21H28N2O4. The highest BCUT2D eigenvalue weighted by Gasteiger charge is 2.44. The second kappa shape index (κ2) is 7.60. The molecule has 0 aliphatic carbocycles. The van der Waals surface area contributed by atoms with Gasteiger partial charge in [0.15, 0.2) is 0 Å². The average Bonchev–Trinajstić information content (AvgIpc) is 2.61. The lowest BCUT2D eigenvalue weighted by Crippen LogP contribution is -2.52. The monoisotopic (exact) mass is 372 g/mol. The van der Waals surface area contributed by atoms with Gasteiger partial charge in [-0.25, -0.2) is 0 Å². The molecule has 4 rings (SSSR count). The fraction of sp³-hybridized carbons (Fsp3) is 0.619. The zero-order valence-corrected chi connectivity index (χ0v) is 16.0. The molecule has 6 nitrogen and oxygen atoms in total. The third kappa shape index (κ3) is 3.60. The molecule has 3 aliphatic rings. The van der Waals surface area contributed by atoms with Gasteiger partial charge < -0.3 is 19.3 Å². The number of amides is 2. The Morgan fingerprint density at radius 3 is 2.48 bits per heavy atom. The predicted molar refractivity (Wildman–Crippen MR) is 100 cm³/mol. The Balaban J connectivity index is 1.50. The lowest BCUT2D eigenvalue weighted by molar-refractivity contribution is -0.162. The maximum Gasteiger partial charge on any atom is 0.248 e. The number of rotatable bonds is 4. The Labute approximate surface area is 160 Å². The molecule has 1 unspecified atom stereocenters. The highest BCUT2D eigenvalue weighted by molar-refractivity contribution is 5.78. The van der Waals surface area contributed by atoms with E-state index < -0.39 is 5.60 Å². The summed E-state index contributed by atoms with van der Waals surface area (Å²) in [5, 5.41) is 0. The largest absolute Gasteiger partial charge is 0.375 e. The van der Waals surface area contributed by atoms with Gasteiger partial charge in [-0.1, -0.05) is 24.3 Å². The quantitative estimate of drug-likeness (QED) is 0.807. The van der Waals surface area contributed by atoms with E-state index in [0.29, 0.717) is 19.5 Å². The van der Waals surface area contributed by atoms with Crippen LogP contribution in [0.25, 0.3) is 0 Å². The van der Waals surface area contributed by atoms with Gasteiger partial charge in [0.05, 0.1) is 18.1 Å². The van der Waals surface area contributed by atoms with E-state index >= 15 is 0 Å². The van der Waals surface area contributed by atoms with Crippen LogP contribution >= 0.6 is 0 Å². The number of hydrogen-bond acceptors (Lipinski definition) is 4. The van der Waals surface area contributed by atoms with Crippen molar-refractivity contribution in [1.82, 2.24) is 9.80 Å². The van der Waals surface area contributed by atoms with Gasteiger partial charge in [0, 0.05) is 33.3 Å². The van der Waals surface area contributed by atoms with Gasteiger partial charge in [-0.2, -0.15) is 0 Å². The molecular weight excluding hydrogens is 344 g/mol.